The molecule has 2 heterocycles. The molecule has 0 bridgehead atoms. The van der Waals surface area contributed by atoms with Crippen molar-refractivity contribution in [1.29, 1.82) is 0 Å². The highest BCUT2D eigenvalue weighted by Gasteiger charge is 2.18. The Kier molecular flexibility index (Phi) is 4.77. The second-order valence-corrected chi connectivity index (χ2v) is 6.49. The quantitative estimate of drug-likeness (QED) is 0.889. The zero-order chi connectivity index (χ0) is 14.5. The van der Waals surface area contributed by atoms with Crippen LogP contribution in [0.2, 0.25) is 0 Å². The number of hydrogen-bond donors (Lipinski definition) is 2. The van der Waals surface area contributed by atoms with Crippen LogP contribution in [0.15, 0.2) is 40.6 Å². The number of piperidine rings is 1. The second kappa shape index (κ2) is 6.95. The number of aromatic nitrogens is 3. The van der Waals surface area contributed by atoms with Crippen molar-refractivity contribution in [2.45, 2.75) is 35.4 Å². The Labute approximate surface area is 129 Å². The minimum atomic E-state index is 0.655. The average molecular weight is 303 g/mol. The van der Waals surface area contributed by atoms with E-state index in [0.29, 0.717) is 6.04 Å². The van der Waals surface area contributed by atoms with E-state index in [4.69, 9.17) is 0 Å². The van der Waals surface area contributed by atoms with Crippen LogP contribution in [0.25, 0.3) is 0 Å². The highest BCUT2D eigenvalue weighted by Crippen LogP contribution is 2.25. The summed E-state index contributed by atoms with van der Waals surface area (Å²) < 4.78 is 0. The average Bonchev–Trinajstić information content (AvgIpc) is 3.01. The molecular weight excluding hydrogens is 282 g/mol. The Balaban J connectivity index is 1.52. The lowest BCUT2D eigenvalue weighted by Crippen LogP contribution is -2.40. The standard InChI is InChI=1S/C15H21N5S/c1-20-9-3-2-4-13(20)10-16-12-5-7-14(8-6-12)21-15-17-11-18-19-15/h5-8,11,13,16H,2-4,9-10H2,1H3,(H,17,18,19). The summed E-state index contributed by atoms with van der Waals surface area (Å²) in [5, 5.41) is 11.1. The Hall–Kier alpha value is -1.53. The first-order valence-electron chi connectivity index (χ1n) is 7.38. The van der Waals surface area contributed by atoms with E-state index in [9.17, 15) is 0 Å². The van der Waals surface area contributed by atoms with E-state index >= 15 is 0 Å². The third-order valence-corrected chi connectivity index (χ3v) is 4.82. The molecule has 1 aromatic carbocycles. The van der Waals surface area contributed by atoms with Gasteiger partial charge in [-0.1, -0.05) is 18.2 Å². The van der Waals surface area contributed by atoms with Gasteiger partial charge < -0.3 is 10.2 Å². The summed E-state index contributed by atoms with van der Waals surface area (Å²) in [6, 6.07) is 9.13. The van der Waals surface area contributed by atoms with Gasteiger partial charge in [-0.3, -0.25) is 5.10 Å². The van der Waals surface area contributed by atoms with Gasteiger partial charge in [0, 0.05) is 23.2 Å². The maximum atomic E-state index is 4.11. The summed E-state index contributed by atoms with van der Waals surface area (Å²) in [6.45, 7) is 2.24. The highest BCUT2D eigenvalue weighted by molar-refractivity contribution is 7.99. The Morgan fingerprint density at radius 3 is 2.90 bits per heavy atom. The minimum Gasteiger partial charge on any atom is -0.383 e. The summed E-state index contributed by atoms with van der Waals surface area (Å²) in [4.78, 5) is 7.74. The number of anilines is 1. The van der Waals surface area contributed by atoms with Crippen LogP contribution in [0.1, 0.15) is 19.3 Å². The molecule has 21 heavy (non-hydrogen) atoms. The van der Waals surface area contributed by atoms with Crippen LogP contribution in [0.3, 0.4) is 0 Å². The van der Waals surface area contributed by atoms with Crippen LogP contribution in [-0.4, -0.2) is 46.3 Å². The lowest BCUT2D eigenvalue weighted by molar-refractivity contribution is 0.194. The van der Waals surface area contributed by atoms with Crippen LogP contribution in [-0.2, 0) is 0 Å². The molecule has 2 N–H and O–H groups in total. The molecule has 1 aromatic heterocycles. The number of nitrogens with one attached hydrogen (secondary N) is 2. The fraction of sp³-hybridized carbons (Fsp3) is 0.467. The van der Waals surface area contributed by atoms with Crippen LogP contribution in [0.5, 0.6) is 0 Å². The molecule has 0 amide bonds. The molecule has 6 heteroatoms. The zero-order valence-electron chi connectivity index (χ0n) is 12.2. The third kappa shape index (κ3) is 3.98. The molecule has 1 unspecified atom stereocenters. The number of likely N-dealkylation sites (tertiary alicyclic amines) is 1. The van der Waals surface area contributed by atoms with E-state index in [-0.39, 0.29) is 0 Å². The smallest absolute Gasteiger partial charge is 0.188 e. The minimum absolute atomic E-state index is 0.655. The Morgan fingerprint density at radius 1 is 1.33 bits per heavy atom. The lowest BCUT2D eigenvalue weighted by atomic mass is 10.0. The van der Waals surface area contributed by atoms with Gasteiger partial charge in [0.25, 0.3) is 0 Å². The second-order valence-electron chi connectivity index (χ2n) is 5.43. The Bertz CT molecular complexity index is 540. The summed E-state index contributed by atoms with van der Waals surface area (Å²) in [5.41, 5.74) is 1.18. The normalized spacial score (nSPS) is 19.6. The van der Waals surface area contributed by atoms with Crippen molar-refractivity contribution in [3.8, 4) is 0 Å². The summed E-state index contributed by atoms with van der Waals surface area (Å²) in [5.74, 6) is 0. The van der Waals surface area contributed by atoms with Gasteiger partial charge in [0.05, 0.1) is 0 Å². The van der Waals surface area contributed by atoms with Gasteiger partial charge in [0.1, 0.15) is 6.33 Å². The fourth-order valence-corrected chi connectivity index (χ4v) is 3.33. The van der Waals surface area contributed by atoms with Crippen molar-refractivity contribution in [2.24, 2.45) is 0 Å². The van der Waals surface area contributed by atoms with Gasteiger partial charge in [0.15, 0.2) is 5.16 Å². The van der Waals surface area contributed by atoms with E-state index in [0.717, 1.165) is 16.6 Å². The van der Waals surface area contributed by atoms with Crippen molar-refractivity contribution in [2.75, 3.05) is 25.5 Å². The first-order chi connectivity index (χ1) is 10.3. The number of nitrogens with zero attached hydrogens (tertiary/aromatic N) is 3. The van der Waals surface area contributed by atoms with Crippen LogP contribution in [0, 0.1) is 0 Å². The van der Waals surface area contributed by atoms with Crippen molar-refractivity contribution in [3.63, 3.8) is 0 Å². The molecule has 0 radical (unpaired) electrons. The molecule has 1 aliphatic rings. The fourth-order valence-electron chi connectivity index (χ4n) is 2.63. The van der Waals surface area contributed by atoms with Gasteiger partial charge in [-0.2, -0.15) is 5.10 Å². The van der Waals surface area contributed by atoms with Gasteiger partial charge in [-0.25, -0.2) is 4.98 Å². The zero-order valence-corrected chi connectivity index (χ0v) is 13.1. The van der Waals surface area contributed by atoms with E-state index in [1.54, 1.807) is 11.8 Å². The van der Waals surface area contributed by atoms with Crippen LogP contribution < -0.4 is 5.32 Å². The number of H-pyrrole nitrogens is 1. The monoisotopic (exact) mass is 303 g/mol. The number of likely N-dealkylation sites (N-methyl/N-ethyl adjacent to an activating group) is 1. The molecule has 1 fully saturated rings. The van der Waals surface area contributed by atoms with E-state index in [1.807, 2.05) is 0 Å². The number of aromatic amines is 1. The molecule has 0 aliphatic carbocycles. The molecule has 1 atom stereocenters. The molecule has 0 spiro atoms. The SMILES string of the molecule is CN1CCCCC1CNc1ccc(Sc2ncn[nH]2)cc1. The van der Waals surface area contributed by atoms with E-state index < -0.39 is 0 Å². The van der Waals surface area contributed by atoms with Crippen LogP contribution >= 0.6 is 11.8 Å². The first-order valence-corrected chi connectivity index (χ1v) is 8.20. The number of rotatable bonds is 5. The molecule has 1 aliphatic heterocycles. The number of benzene rings is 1. The lowest BCUT2D eigenvalue weighted by Gasteiger charge is -2.32. The first kappa shape index (κ1) is 14.4. The molecule has 112 valence electrons. The van der Waals surface area contributed by atoms with Gasteiger partial charge in [0.2, 0.25) is 0 Å². The molecule has 0 saturated carbocycles. The summed E-state index contributed by atoms with van der Waals surface area (Å²) in [6.07, 6.45) is 5.51. The molecule has 3 rings (SSSR count). The van der Waals surface area contributed by atoms with Gasteiger partial charge >= 0.3 is 0 Å². The summed E-state index contributed by atoms with van der Waals surface area (Å²) in [7, 11) is 2.22. The largest absolute Gasteiger partial charge is 0.383 e. The molecule has 2 aromatic rings. The molecular formula is C15H21N5S. The Morgan fingerprint density at radius 2 is 2.19 bits per heavy atom. The predicted octanol–water partition coefficient (Wildman–Crippen LogP) is 2.85. The van der Waals surface area contributed by atoms with Crippen molar-refractivity contribution >= 4 is 17.4 Å². The van der Waals surface area contributed by atoms with Crippen molar-refractivity contribution in [1.82, 2.24) is 20.1 Å². The van der Waals surface area contributed by atoms with Gasteiger partial charge in [-0.05, 0) is 50.7 Å². The highest BCUT2D eigenvalue weighted by atomic mass is 32.2. The van der Waals surface area contributed by atoms with E-state index in [1.165, 1.54) is 37.8 Å². The van der Waals surface area contributed by atoms with Gasteiger partial charge in [-0.15, -0.1) is 0 Å². The third-order valence-electron chi connectivity index (χ3n) is 3.93. The molecule has 1 saturated heterocycles. The molecule has 5 nitrogen and oxygen atoms in total. The maximum absolute atomic E-state index is 4.11. The number of hydrogen-bond acceptors (Lipinski definition) is 5. The van der Waals surface area contributed by atoms with Crippen molar-refractivity contribution in [3.05, 3.63) is 30.6 Å². The maximum Gasteiger partial charge on any atom is 0.188 e. The van der Waals surface area contributed by atoms with E-state index in [2.05, 4.69) is 56.7 Å². The topological polar surface area (TPSA) is 56.8 Å². The van der Waals surface area contributed by atoms with Crippen LogP contribution in [0.4, 0.5) is 5.69 Å². The predicted molar refractivity (Wildman–Crippen MR) is 85.7 cm³/mol. The summed E-state index contributed by atoms with van der Waals surface area (Å²) >= 11 is 1.58. The van der Waals surface area contributed by atoms with Crippen molar-refractivity contribution < 1.29 is 0 Å².